The number of aromatic nitrogens is 1. The van der Waals surface area contributed by atoms with Crippen LogP contribution >= 0.6 is 27.5 Å². The molecule has 0 atom stereocenters. The van der Waals surface area contributed by atoms with Gasteiger partial charge in [-0.05, 0) is 22.0 Å². The molecule has 0 fully saturated rings. The van der Waals surface area contributed by atoms with Crippen LogP contribution in [0.1, 0.15) is 5.69 Å². The van der Waals surface area contributed by atoms with Crippen molar-refractivity contribution in [1.29, 1.82) is 0 Å². The minimum Gasteiger partial charge on any atom is -0.465 e. The van der Waals surface area contributed by atoms with E-state index in [0.717, 1.165) is 4.47 Å². The van der Waals surface area contributed by atoms with Gasteiger partial charge in [-0.2, -0.15) is 0 Å². The fourth-order valence-corrected chi connectivity index (χ4v) is 1.43. The zero-order valence-corrected chi connectivity index (χ0v) is 8.76. The molecule has 0 bridgehead atoms. The topological polar surface area (TPSA) is 62.2 Å². The molecule has 1 heterocycles. The molecular formula is C7H6BrClN2O2. The summed E-state index contributed by atoms with van der Waals surface area (Å²) in [6.07, 6.45) is 0.464. The quantitative estimate of drug-likeness (QED) is 0.862. The molecule has 0 radical (unpaired) electrons. The second kappa shape index (κ2) is 4.43. The van der Waals surface area contributed by atoms with Crippen LogP contribution in [0.2, 0.25) is 5.02 Å². The van der Waals surface area contributed by atoms with Crippen LogP contribution in [0.15, 0.2) is 16.7 Å². The van der Waals surface area contributed by atoms with Crippen LogP contribution in [0, 0.1) is 0 Å². The van der Waals surface area contributed by atoms with E-state index in [4.69, 9.17) is 16.7 Å². The minimum absolute atomic E-state index is 0.113. The minimum atomic E-state index is -1.10. The normalized spacial score (nSPS) is 9.69. The van der Waals surface area contributed by atoms with Crippen molar-refractivity contribution in [1.82, 2.24) is 10.3 Å². The number of hydrogen-bond acceptors (Lipinski definition) is 2. The summed E-state index contributed by atoms with van der Waals surface area (Å²) in [4.78, 5) is 14.1. The van der Waals surface area contributed by atoms with Gasteiger partial charge in [-0.25, -0.2) is 4.79 Å². The van der Waals surface area contributed by atoms with Crippen LogP contribution in [0.25, 0.3) is 0 Å². The van der Waals surface area contributed by atoms with Gasteiger partial charge in [0, 0.05) is 10.7 Å². The van der Waals surface area contributed by atoms with Crippen molar-refractivity contribution in [3.05, 3.63) is 27.5 Å². The molecule has 1 amide bonds. The number of carboxylic acid groups (broad SMARTS) is 1. The smallest absolute Gasteiger partial charge is 0.404 e. The second-order valence-electron chi connectivity index (χ2n) is 2.24. The molecule has 0 aliphatic heterocycles. The highest BCUT2D eigenvalue weighted by Crippen LogP contribution is 2.18. The number of nitrogens with one attached hydrogen (secondary N) is 1. The monoisotopic (exact) mass is 264 g/mol. The Morgan fingerprint density at radius 1 is 1.77 bits per heavy atom. The summed E-state index contributed by atoms with van der Waals surface area (Å²) in [7, 11) is 0. The van der Waals surface area contributed by atoms with Crippen molar-refractivity contribution in [2.75, 3.05) is 0 Å². The van der Waals surface area contributed by atoms with Gasteiger partial charge in [0.25, 0.3) is 0 Å². The lowest BCUT2D eigenvalue weighted by atomic mass is 10.3. The largest absolute Gasteiger partial charge is 0.465 e. The first-order valence-electron chi connectivity index (χ1n) is 3.36. The number of pyridine rings is 1. The van der Waals surface area contributed by atoms with Crippen molar-refractivity contribution in [2.24, 2.45) is 0 Å². The van der Waals surface area contributed by atoms with Gasteiger partial charge in [0.1, 0.15) is 0 Å². The third-order valence-electron chi connectivity index (χ3n) is 1.29. The number of hydrogen-bond donors (Lipinski definition) is 2. The second-order valence-corrected chi connectivity index (χ2v) is 3.56. The average molecular weight is 265 g/mol. The Hall–Kier alpha value is -0.810. The molecule has 1 rings (SSSR count). The van der Waals surface area contributed by atoms with E-state index in [2.05, 4.69) is 26.2 Å². The van der Waals surface area contributed by atoms with Crippen molar-refractivity contribution in [3.8, 4) is 0 Å². The molecular weight excluding hydrogens is 259 g/mol. The zero-order chi connectivity index (χ0) is 9.84. The molecule has 4 nitrogen and oxygen atoms in total. The van der Waals surface area contributed by atoms with E-state index in [1.165, 1.54) is 0 Å². The SMILES string of the molecule is O=C(O)NCc1ncc(Br)cc1Cl. The van der Waals surface area contributed by atoms with E-state index in [1.807, 2.05) is 0 Å². The van der Waals surface area contributed by atoms with Gasteiger partial charge < -0.3 is 10.4 Å². The number of rotatable bonds is 2. The Kier molecular flexibility index (Phi) is 3.50. The van der Waals surface area contributed by atoms with Crippen molar-refractivity contribution in [3.63, 3.8) is 0 Å². The van der Waals surface area contributed by atoms with Crippen LogP contribution in [0.4, 0.5) is 4.79 Å². The molecule has 13 heavy (non-hydrogen) atoms. The summed E-state index contributed by atoms with van der Waals surface area (Å²) in [5.74, 6) is 0. The number of carbonyl (C=O) groups is 1. The van der Waals surface area contributed by atoms with E-state index < -0.39 is 6.09 Å². The lowest BCUT2D eigenvalue weighted by molar-refractivity contribution is 0.194. The van der Waals surface area contributed by atoms with Crippen LogP contribution in [0.3, 0.4) is 0 Å². The molecule has 2 N–H and O–H groups in total. The number of halogens is 2. The summed E-state index contributed by atoms with van der Waals surface area (Å²) < 4.78 is 0.761. The predicted octanol–water partition coefficient (Wildman–Crippen LogP) is 2.27. The van der Waals surface area contributed by atoms with Crippen molar-refractivity contribution >= 4 is 33.6 Å². The maximum absolute atomic E-state index is 10.2. The van der Waals surface area contributed by atoms with E-state index in [9.17, 15) is 4.79 Å². The standard InChI is InChI=1S/C7H6BrClN2O2/c8-4-1-5(9)6(10-2-4)3-11-7(12)13/h1-2,11H,3H2,(H,12,13). The lowest BCUT2D eigenvalue weighted by Gasteiger charge is -2.02. The molecule has 6 heteroatoms. The van der Waals surface area contributed by atoms with E-state index >= 15 is 0 Å². The highest BCUT2D eigenvalue weighted by molar-refractivity contribution is 9.10. The number of nitrogens with zero attached hydrogens (tertiary/aromatic N) is 1. The summed E-state index contributed by atoms with van der Waals surface area (Å²) >= 11 is 8.98. The Labute approximate surface area is 88.1 Å². The van der Waals surface area contributed by atoms with Gasteiger partial charge >= 0.3 is 6.09 Å². The maximum atomic E-state index is 10.2. The number of amides is 1. The Morgan fingerprint density at radius 3 is 3.00 bits per heavy atom. The van der Waals surface area contributed by atoms with Gasteiger partial charge in [0.15, 0.2) is 0 Å². The molecule has 0 spiro atoms. The van der Waals surface area contributed by atoms with Crippen molar-refractivity contribution < 1.29 is 9.90 Å². The highest BCUT2D eigenvalue weighted by Gasteiger charge is 2.03. The summed E-state index contributed by atoms with van der Waals surface area (Å²) in [5.41, 5.74) is 0.507. The molecule has 70 valence electrons. The lowest BCUT2D eigenvalue weighted by Crippen LogP contribution is -2.20. The zero-order valence-electron chi connectivity index (χ0n) is 6.42. The van der Waals surface area contributed by atoms with Gasteiger partial charge in [0.05, 0.1) is 17.3 Å². The average Bonchev–Trinajstić information content (AvgIpc) is 2.02. The highest BCUT2D eigenvalue weighted by atomic mass is 79.9. The Bertz CT molecular complexity index is 332. The fraction of sp³-hybridized carbons (Fsp3) is 0.143. The van der Waals surface area contributed by atoms with Crippen LogP contribution in [0.5, 0.6) is 0 Å². The first-order valence-corrected chi connectivity index (χ1v) is 4.53. The van der Waals surface area contributed by atoms with E-state index in [1.54, 1.807) is 12.3 Å². The molecule has 0 saturated carbocycles. The van der Waals surface area contributed by atoms with Gasteiger partial charge in [-0.15, -0.1) is 0 Å². The van der Waals surface area contributed by atoms with Gasteiger partial charge in [-0.1, -0.05) is 11.6 Å². The molecule has 0 aliphatic carbocycles. The molecule has 0 aliphatic rings. The first-order chi connectivity index (χ1) is 6.09. The van der Waals surface area contributed by atoms with Crippen LogP contribution in [-0.4, -0.2) is 16.2 Å². The van der Waals surface area contributed by atoms with E-state index in [-0.39, 0.29) is 6.54 Å². The maximum Gasteiger partial charge on any atom is 0.404 e. The molecule has 1 aromatic heterocycles. The summed E-state index contributed by atoms with van der Waals surface area (Å²) in [5, 5.41) is 10.9. The predicted molar refractivity (Wildman–Crippen MR) is 51.8 cm³/mol. The molecule has 0 aromatic carbocycles. The van der Waals surface area contributed by atoms with Crippen LogP contribution in [-0.2, 0) is 6.54 Å². The fourth-order valence-electron chi connectivity index (χ4n) is 0.732. The molecule has 1 aromatic rings. The molecule has 0 unspecified atom stereocenters. The van der Waals surface area contributed by atoms with Crippen LogP contribution < -0.4 is 5.32 Å². The van der Waals surface area contributed by atoms with Crippen molar-refractivity contribution in [2.45, 2.75) is 6.54 Å². The van der Waals surface area contributed by atoms with Gasteiger partial charge in [-0.3, -0.25) is 4.98 Å². The summed E-state index contributed by atoms with van der Waals surface area (Å²) in [6.45, 7) is 0.113. The molecule has 0 saturated heterocycles. The van der Waals surface area contributed by atoms with Gasteiger partial charge in [0.2, 0.25) is 0 Å². The third-order valence-corrected chi connectivity index (χ3v) is 2.05. The Balaban J connectivity index is 2.72. The third kappa shape index (κ3) is 3.20. The first kappa shape index (κ1) is 10.3. The van der Waals surface area contributed by atoms with E-state index in [0.29, 0.717) is 10.7 Å². The Morgan fingerprint density at radius 2 is 2.46 bits per heavy atom. The summed E-state index contributed by atoms with van der Waals surface area (Å²) in [6, 6.07) is 1.66.